The number of rotatable bonds is 5. The van der Waals surface area contributed by atoms with Gasteiger partial charge in [-0.15, -0.1) is 0 Å². The van der Waals surface area contributed by atoms with Crippen molar-refractivity contribution in [3.05, 3.63) is 64.7 Å². The lowest BCUT2D eigenvalue weighted by Gasteiger charge is -2.25. The van der Waals surface area contributed by atoms with E-state index in [9.17, 15) is 4.79 Å². The summed E-state index contributed by atoms with van der Waals surface area (Å²) < 4.78 is 6.34. The molecule has 1 aliphatic heterocycles. The molecule has 1 saturated heterocycles. The zero-order valence-corrected chi connectivity index (χ0v) is 16.3. The number of carbonyl (C=O) groups is 1. The van der Waals surface area contributed by atoms with Crippen molar-refractivity contribution in [1.29, 1.82) is 0 Å². The third-order valence-corrected chi connectivity index (χ3v) is 5.26. The Balaban J connectivity index is 1.40. The summed E-state index contributed by atoms with van der Waals surface area (Å²) in [5.74, 6) is 1.13. The fourth-order valence-electron chi connectivity index (χ4n) is 3.46. The minimum atomic E-state index is 0.126. The number of aromatic nitrogens is 3. The first-order chi connectivity index (χ1) is 13.2. The van der Waals surface area contributed by atoms with Gasteiger partial charge in [0.2, 0.25) is 17.6 Å². The number of hydrogen-bond donors (Lipinski definition) is 0. The third kappa shape index (κ3) is 4.08. The molecule has 1 atom stereocenters. The van der Waals surface area contributed by atoms with E-state index < -0.39 is 0 Å². The van der Waals surface area contributed by atoms with Crippen LogP contribution in [0.25, 0.3) is 11.4 Å². The van der Waals surface area contributed by atoms with E-state index in [1.54, 1.807) is 12.4 Å². The fourth-order valence-corrected chi connectivity index (χ4v) is 3.87. The molecule has 1 aliphatic rings. The fraction of sp³-hybridized carbons (Fsp3) is 0.300. The molecule has 0 spiro atoms. The van der Waals surface area contributed by atoms with Crippen LogP contribution < -0.4 is 0 Å². The van der Waals surface area contributed by atoms with Crippen molar-refractivity contribution in [3.8, 4) is 11.4 Å². The van der Waals surface area contributed by atoms with E-state index in [0.29, 0.717) is 24.6 Å². The maximum absolute atomic E-state index is 12.8. The summed E-state index contributed by atoms with van der Waals surface area (Å²) in [6.45, 7) is 0.794. The number of nitrogens with zero attached hydrogens (tertiary/aromatic N) is 4. The Morgan fingerprint density at radius 1 is 1.26 bits per heavy atom. The van der Waals surface area contributed by atoms with Crippen molar-refractivity contribution in [2.24, 2.45) is 0 Å². The summed E-state index contributed by atoms with van der Waals surface area (Å²) in [7, 11) is 0. The molecule has 27 heavy (non-hydrogen) atoms. The maximum atomic E-state index is 12.8. The van der Waals surface area contributed by atoms with Gasteiger partial charge in [0.15, 0.2) is 0 Å². The van der Waals surface area contributed by atoms with Gasteiger partial charge in [-0.3, -0.25) is 9.78 Å². The Morgan fingerprint density at radius 2 is 2.11 bits per heavy atom. The molecule has 2 aromatic heterocycles. The van der Waals surface area contributed by atoms with Gasteiger partial charge in [0, 0.05) is 41.8 Å². The van der Waals surface area contributed by atoms with Crippen molar-refractivity contribution in [1.82, 2.24) is 20.0 Å². The maximum Gasteiger partial charge on any atom is 0.227 e. The molecule has 138 valence electrons. The molecule has 0 saturated carbocycles. The number of pyridine rings is 1. The summed E-state index contributed by atoms with van der Waals surface area (Å²) in [5, 5.41) is 3.99. The second kappa shape index (κ2) is 8.00. The van der Waals surface area contributed by atoms with Crippen LogP contribution in [-0.2, 0) is 11.2 Å². The summed E-state index contributed by atoms with van der Waals surface area (Å²) in [6, 6.07) is 12.0. The van der Waals surface area contributed by atoms with E-state index in [-0.39, 0.29) is 11.9 Å². The smallest absolute Gasteiger partial charge is 0.227 e. The molecule has 0 bridgehead atoms. The minimum absolute atomic E-state index is 0.126. The average molecular weight is 427 g/mol. The van der Waals surface area contributed by atoms with E-state index >= 15 is 0 Å². The van der Waals surface area contributed by atoms with Crippen LogP contribution in [-0.4, -0.2) is 32.5 Å². The van der Waals surface area contributed by atoms with Gasteiger partial charge < -0.3 is 9.42 Å². The highest BCUT2D eigenvalue weighted by molar-refractivity contribution is 9.10. The van der Waals surface area contributed by atoms with E-state index in [0.717, 1.165) is 29.4 Å². The lowest BCUT2D eigenvalue weighted by molar-refractivity contribution is -0.132. The van der Waals surface area contributed by atoms with Crippen molar-refractivity contribution in [3.63, 3.8) is 0 Å². The van der Waals surface area contributed by atoms with Gasteiger partial charge in [0.25, 0.3) is 0 Å². The number of hydrogen-bond acceptors (Lipinski definition) is 5. The Morgan fingerprint density at radius 3 is 2.93 bits per heavy atom. The Kier molecular flexibility index (Phi) is 5.29. The normalized spacial score (nSPS) is 16.6. The largest absolute Gasteiger partial charge is 0.339 e. The molecule has 1 aromatic carbocycles. The molecule has 0 aliphatic carbocycles. The quantitative estimate of drug-likeness (QED) is 0.611. The zero-order chi connectivity index (χ0) is 18.6. The Hall–Kier alpha value is -2.54. The highest BCUT2D eigenvalue weighted by Gasteiger charge is 2.29. The highest BCUT2D eigenvalue weighted by atomic mass is 79.9. The lowest BCUT2D eigenvalue weighted by Crippen LogP contribution is -2.30. The number of halogens is 1. The summed E-state index contributed by atoms with van der Waals surface area (Å²) in [4.78, 5) is 23.1. The van der Waals surface area contributed by atoms with Gasteiger partial charge in [0.1, 0.15) is 0 Å². The van der Waals surface area contributed by atoms with Crippen molar-refractivity contribution in [2.45, 2.75) is 31.7 Å². The zero-order valence-electron chi connectivity index (χ0n) is 14.7. The van der Waals surface area contributed by atoms with Crippen LogP contribution in [0.15, 0.2) is 57.8 Å². The van der Waals surface area contributed by atoms with Gasteiger partial charge in [-0.25, -0.2) is 0 Å². The van der Waals surface area contributed by atoms with Crippen LogP contribution in [0, 0.1) is 0 Å². The van der Waals surface area contributed by atoms with Gasteiger partial charge in [-0.2, -0.15) is 4.98 Å². The second-order valence-corrected chi connectivity index (χ2v) is 7.46. The van der Waals surface area contributed by atoms with Crippen molar-refractivity contribution < 1.29 is 9.32 Å². The van der Waals surface area contributed by atoms with Crippen LogP contribution in [0.2, 0.25) is 0 Å². The number of amides is 1. The molecular weight excluding hydrogens is 408 g/mol. The first-order valence-corrected chi connectivity index (χ1v) is 9.78. The average Bonchev–Trinajstić information content (AvgIpc) is 3.36. The number of carbonyl (C=O) groups excluding carboxylic acids is 1. The molecule has 0 radical (unpaired) electrons. The predicted octanol–water partition coefficient (Wildman–Crippen LogP) is 4.19. The topological polar surface area (TPSA) is 72.1 Å². The Labute approximate surface area is 165 Å². The molecule has 3 heterocycles. The first kappa shape index (κ1) is 17.9. The van der Waals surface area contributed by atoms with Crippen LogP contribution >= 0.6 is 15.9 Å². The molecule has 4 rings (SSSR count). The van der Waals surface area contributed by atoms with E-state index in [2.05, 4.69) is 43.2 Å². The van der Waals surface area contributed by atoms with Crippen LogP contribution in [0.1, 0.15) is 36.8 Å². The highest BCUT2D eigenvalue weighted by Crippen LogP contribution is 2.33. The van der Waals surface area contributed by atoms with Gasteiger partial charge in [-0.1, -0.05) is 33.2 Å². The number of likely N-dealkylation sites (tertiary alicyclic amines) is 1. The number of benzene rings is 1. The molecule has 1 unspecified atom stereocenters. The predicted molar refractivity (Wildman–Crippen MR) is 104 cm³/mol. The molecule has 6 nitrogen and oxygen atoms in total. The van der Waals surface area contributed by atoms with Crippen molar-refractivity contribution >= 4 is 21.8 Å². The van der Waals surface area contributed by atoms with Gasteiger partial charge >= 0.3 is 0 Å². The Bertz CT molecular complexity index is 928. The van der Waals surface area contributed by atoms with Crippen LogP contribution in [0.5, 0.6) is 0 Å². The SMILES string of the molecule is O=C(CCc1nc(-c2ccncc2)no1)N1CCCC1c1cccc(Br)c1. The summed E-state index contributed by atoms with van der Waals surface area (Å²) in [6.07, 6.45) is 6.19. The van der Waals surface area contributed by atoms with E-state index in [4.69, 9.17) is 4.52 Å². The molecule has 7 heteroatoms. The molecule has 3 aromatic rings. The van der Waals surface area contributed by atoms with Crippen LogP contribution in [0.4, 0.5) is 0 Å². The van der Waals surface area contributed by atoms with Crippen LogP contribution in [0.3, 0.4) is 0 Å². The second-order valence-electron chi connectivity index (χ2n) is 6.55. The monoisotopic (exact) mass is 426 g/mol. The first-order valence-electron chi connectivity index (χ1n) is 8.98. The van der Waals surface area contributed by atoms with Gasteiger partial charge in [-0.05, 0) is 42.7 Å². The standard InChI is InChI=1S/C20H19BrN4O2/c21-16-4-1-3-15(13-16)17-5-2-12-25(17)19(26)7-6-18-23-20(24-27-18)14-8-10-22-11-9-14/h1,3-4,8-11,13,17H,2,5-7,12H2. The van der Waals surface area contributed by atoms with Gasteiger partial charge in [0.05, 0.1) is 6.04 Å². The molecular formula is C20H19BrN4O2. The van der Waals surface area contributed by atoms with Crippen molar-refractivity contribution in [2.75, 3.05) is 6.54 Å². The summed E-state index contributed by atoms with van der Waals surface area (Å²) in [5.41, 5.74) is 2.02. The number of aryl methyl sites for hydroxylation is 1. The third-order valence-electron chi connectivity index (χ3n) is 4.77. The lowest BCUT2D eigenvalue weighted by atomic mass is 10.0. The molecule has 1 amide bonds. The van der Waals surface area contributed by atoms with E-state index in [1.165, 1.54) is 5.56 Å². The van der Waals surface area contributed by atoms with E-state index in [1.807, 2.05) is 29.2 Å². The molecule has 0 N–H and O–H groups in total. The summed E-state index contributed by atoms with van der Waals surface area (Å²) >= 11 is 3.51. The molecule has 1 fully saturated rings. The minimum Gasteiger partial charge on any atom is -0.339 e.